The lowest BCUT2D eigenvalue weighted by Gasteiger charge is -2.32. The molecule has 2 heterocycles. The van der Waals surface area contributed by atoms with Crippen LogP contribution in [0.25, 0.3) is 0 Å². The first-order valence-electron chi connectivity index (χ1n) is 9.76. The maximum Gasteiger partial charge on any atom is 0.275 e. The number of ether oxygens (including phenoxy) is 2. The second kappa shape index (κ2) is 8.26. The molecule has 1 aromatic rings. The summed E-state index contributed by atoms with van der Waals surface area (Å²) in [5.74, 6) is 1.04. The number of nitrogens with zero attached hydrogens (tertiary/aromatic N) is 1. The number of rotatable bonds is 6. The summed E-state index contributed by atoms with van der Waals surface area (Å²) in [6, 6.07) is 4.73. The molecule has 9 heteroatoms. The van der Waals surface area contributed by atoms with Crippen molar-refractivity contribution < 1.29 is 27.6 Å². The van der Waals surface area contributed by atoms with E-state index in [4.69, 9.17) is 9.47 Å². The molecule has 1 fully saturated rings. The van der Waals surface area contributed by atoms with Crippen LogP contribution < -0.4 is 19.7 Å². The van der Waals surface area contributed by atoms with E-state index in [2.05, 4.69) is 5.32 Å². The van der Waals surface area contributed by atoms with Crippen LogP contribution in [0.2, 0.25) is 0 Å². The number of hydrogen-bond acceptors (Lipinski definition) is 5. The van der Waals surface area contributed by atoms with Gasteiger partial charge in [0.2, 0.25) is 10.0 Å². The second-order valence-electron chi connectivity index (χ2n) is 7.92. The van der Waals surface area contributed by atoms with Crippen LogP contribution in [-0.2, 0) is 14.8 Å². The maximum absolute atomic E-state index is 13.0. The van der Waals surface area contributed by atoms with Crippen molar-refractivity contribution in [1.82, 2.24) is 9.62 Å². The van der Waals surface area contributed by atoms with Crippen LogP contribution in [0.3, 0.4) is 0 Å². The summed E-state index contributed by atoms with van der Waals surface area (Å²) in [4.78, 5) is 13.5. The van der Waals surface area contributed by atoms with Crippen molar-refractivity contribution in [3.8, 4) is 11.5 Å². The van der Waals surface area contributed by atoms with Crippen molar-refractivity contribution in [2.45, 2.75) is 37.6 Å². The van der Waals surface area contributed by atoms with E-state index in [0.717, 1.165) is 11.3 Å². The van der Waals surface area contributed by atoms with Gasteiger partial charge in [-0.3, -0.25) is 4.79 Å². The highest BCUT2D eigenvalue weighted by Gasteiger charge is 2.32. The van der Waals surface area contributed by atoms with Crippen LogP contribution in [0.5, 0.6) is 11.5 Å². The minimum Gasteiger partial charge on any atom is -0.486 e. The maximum atomic E-state index is 13.0. The first-order chi connectivity index (χ1) is 13.2. The number of sulfonamides is 1. The molecule has 0 aliphatic carbocycles. The topological polar surface area (TPSA) is 89.4 Å². The number of nitrogens with one attached hydrogen (secondary N) is 2. The van der Waals surface area contributed by atoms with Crippen LogP contribution in [0.15, 0.2) is 23.1 Å². The Balaban J connectivity index is 1.59. The molecular formula is C19H30N3O5S+. The van der Waals surface area contributed by atoms with Gasteiger partial charge >= 0.3 is 0 Å². The van der Waals surface area contributed by atoms with Gasteiger partial charge in [-0.05, 0) is 32.4 Å². The molecule has 2 aliphatic heterocycles. The monoisotopic (exact) mass is 412 g/mol. The zero-order chi connectivity index (χ0) is 20.4. The molecule has 156 valence electrons. The Bertz CT molecular complexity index is 817. The van der Waals surface area contributed by atoms with Crippen molar-refractivity contribution in [3.63, 3.8) is 0 Å². The SMILES string of the molecule is CCC(C)(C)NC(=O)C[NH+]1CCN(S(=O)(=O)c2ccc3c(c2)OCCO3)CC1. The van der Waals surface area contributed by atoms with Gasteiger partial charge < -0.3 is 19.7 Å². The number of fused-ring (bicyclic) bond motifs is 1. The fourth-order valence-electron chi connectivity index (χ4n) is 3.29. The molecule has 3 rings (SSSR count). The van der Waals surface area contributed by atoms with E-state index in [1.165, 1.54) is 10.4 Å². The largest absolute Gasteiger partial charge is 0.486 e. The lowest BCUT2D eigenvalue weighted by molar-refractivity contribution is -0.895. The number of hydrogen-bond donors (Lipinski definition) is 2. The van der Waals surface area contributed by atoms with Gasteiger partial charge in [-0.1, -0.05) is 6.92 Å². The number of benzene rings is 1. The first-order valence-corrected chi connectivity index (χ1v) is 11.2. The predicted molar refractivity (Wildman–Crippen MR) is 104 cm³/mol. The van der Waals surface area contributed by atoms with Crippen molar-refractivity contribution >= 4 is 15.9 Å². The van der Waals surface area contributed by atoms with Crippen LogP contribution in [0, 0.1) is 0 Å². The van der Waals surface area contributed by atoms with Gasteiger partial charge in [-0.15, -0.1) is 0 Å². The second-order valence-corrected chi connectivity index (χ2v) is 9.86. The molecule has 8 nitrogen and oxygen atoms in total. The molecule has 0 radical (unpaired) electrons. The van der Waals surface area contributed by atoms with Crippen molar-refractivity contribution in [1.29, 1.82) is 0 Å². The molecule has 0 saturated carbocycles. The molecule has 0 bridgehead atoms. The number of amides is 1. The van der Waals surface area contributed by atoms with Gasteiger partial charge in [0.05, 0.1) is 31.1 Å². The minimum atomic E-state index is -3.60. The lowest BCUT2D eigenvalue weighted by Crippen LogP contribution is -3.16. The highest BCUT2D eigenvalue weighted by molar-refractivity contribution is 7.89. The summed E-state index contributed by atoms with van der Waals surface area (Å²) in [7, 11) is -3.60. The van der Waals surface area contributed by atoms with Gasteiger partial charge in [-0.25, -0.2) is 8.42 Å². The molecule has 1 saturated heterocycles. The Labute approximate surface area is 166 Å². The highest BCUT2D eigenvalue weighted by Crippen LogP contribution is 2.33. The summed E-state index contributed by atoms with van der Waals surface area (Å²) in [5, 5.41) is 3.03. The third-order valence-corrected chi connectivity index (χ3v) is 7.25. The normalized spacial score (nSPS) is 18.7. The fraction of sp³-hybridized carbons (Fsp3) is 0.632. The standard InChI is InChI=1S/C19H29N3O5S/c1-4-19(2,3)20-18(23)14-21-7-9-22(10-8-21)28(24,25)15-5-6-16-17(13-15)27-12-11-26-16/h5-6,13H,4,7-12,14H2,1-3H3,(H,20,23)/p+1. The van der Waals surface area contributed by atoms with Crippen molar-refractivity contribution in [2.75, 3.05) is 45.9 Å². The van der Waals surface area contributed by atoms with Crippen LogP contribution in [0.4, 0.5) is 0 Å². The third-order valence-electron chi connectivity index (χ3n) is 5.35. The van der Waals surface area contributed by atoms with E-state index in [-0.39, 0.29) is 16.3 Å². The minimum absolute atomic E-state index is 0.00462. The quantitative estimate of drug-likeness (QED) is 0.667. The summed E-state index contributed by atoms with van der Waals surface area (Å²) < 4.78 is 38.4. The zero-order valence-electron chi connectivity index (χ0n) is 16.8. The lowest BCUT2D eigenvalue weighted by atomic mass is 10.0. The number of piperazine rings is 1. The Kier molecular flexibility index (Phi) is 6.16. The molecule has 2 aliphatic rings. The zero-order valence-corrected chi connectivity index (χ0v) is 17.6. The van der Waals surface area contributed by atoms with E-state index in [0.29, 0.717) is 57.4 Å². The number of carbonyl (C=O) groups is 1. The van der Waals surface area contributed by atoms with Crippen molar-refractivity contribution in [2.24, 2.45) is 0 Å². The van der Waals surface area contributed by atoms with Crippen molar-refractivity contribution in [3.05, 3.63) is 18.2 Å². The van der Waals surface area contributed by atoms with E-state index in [1.54, 1.807) is 12.1 Å². The summed E-state index contributed by atoms with van der Waals surface area (Å²) in [6.45, 7) is 9.25. The summed E-state index contributed by atoms with van der Waals surface area (Å²) in [6.07, 6.45) is 0.857. The molecule has 2 N–H and O–H groups in total. The number of carbonyl (C=O) groups excluding carboxylic acids is 1. The predicted octanol–water partition coefficient (Wildman–Crippen LogP) is -0.348. The fourth-order valence-corrected chi connectivity index (χ4v) is 4.75. The van der Waals surface area contributed by atoms with E-state index in [1.807, 2.05) is 20.8 Å². The first kappa shape index (κ1) is 20.9. The summed E-state index contributed by atoms with van der Waals surface area (Å²) >= 11 is 0. The average Bonchev–Trinajstić information content (AvgIpc) is 2.67. The molecule has 1 amide bonds. The average molecular weight is 413 g/mol. The van der Waals surface area contributed by atoms with E-state index in [9.17, 15) is 13.2 Å². The molecule has 1 aromatic carbocycles. The summed E-state index contributed by atoms with van der Waals surface area (Å²) in [5.41, 5.74) is -0.222. The molecular weight excluding hydrogens is 382 g/mol. The Morgan fingerprint density at radius 1 is 1.18 bits per heavy atom. The molecule has 0 atom stereocenters. The molecule has 28 heavy (non-hydrogen) atoms. The van der Waals surface area contributed by atoms with E-state index < -0.39 is 10.0 Å². The van der Waals surface area contributed by atoms with Crippen LogP contribution >= 0.6 is 0 Å². The van der Waals surface area contributed by atoms with Gasteiger partial charge in [0, 0.05) is 11.6 Å². The Morgan fingerprint density at radius 3 is 2.46 bits per heavy atom. The number of quaternary nitrogens is 1. The molecule has 0 unspecified atom stereocenters. The molecule has 0 spiro atoms. The third kappa shape index (κ3) is 4.76. The Morgan fingerprint density at radius 2 is 1.82 bits per heavy atom. The van der Waals surface area contributed by atoms with Gasteiger partial charge in [-0.2, -0.15) is 4.31 Å². The van der Waals surface area contributed by atoms with Gasteiger partial charge in [0.15, 0.2) is 18.0 Å². The smallest absolute Gasteiger partial charge is 0.275 e. The highest BCUT2D eigenvalue weighted by atomic mass is 32.2. The van der Waals surface area contributed by atoms with E-state index >= 15 is 0 Å². The van der Waals surface area contributed by atoms with Gasteiger partial charge in [0.1, 0.15) is 13.2 Å². The van der Waals surface area contributed by atoms with Gasteiger partial charge in [0.25, 0.3) is 5.91 Å². The van der Waals surface area contributed by atoms with Crippen LogP contribution in [-0.4, -0.2) is 70.1 Å². The Hall–Kier alpha value is -1.84. The van der Waals surface area contributed by atoms with Crippen LogP contribution in [0.1, 0.15) is 27.2 Å². The molecule has 0 aromatic heterocycles.